The second kappa shape index (κ2) is 8.35. The Morgan fingerprint density at radius 2 is 1.52 bits per heavy atom. The van der Waals surface area contributed by atoms with Gasteiger partial charge < -0.3 is 9.80 Å². The van der Waals surface area contributed by atoms with Gasteiger partial charge in [0.2, 0.25) is 0 Å². The van der Waals surface area contributed by atoms with E-state index < -0.39 is 11.7 Å². The third kappa shape index (κ3) is 4.08. The Balaban J connectivity index is 1.44. The number of hydrogen-bond acceptors (Lipinski definition) is 5. The number of hydrogen-bond donors (Lipinski definition) is 0. The van der Waals surface area contributed by atoms with Gasteiger partial charge in [-0.1, -0.05) is 24.3 Å². The minimum Gasteiger partial charge on any atom is -0.368 e. The van der Waals surface area contributed by atoms with Gasteiger partial charge in [0, 0.05) is 60.6 Å². The molecular formula is C25H22F3N5. The highest BCUT2D eigenvalue weighted by Gasteiger charge is 2.31. The third-order valence-electron chi connectivity index (χ3n) is 6.07. The van der Waals surface area contributed by atoms with Gasteiger partial charge in [-0.3, -0.25) is 4.98 Å². The second-order valence-electron chi connectivity index (χ2n) is 8.13. The predicted molar refractivity (Wildman–Crippen MR) is 123 cm³/mol. The smallest absolute Gasteiger partial charge is 0.368 e. The molecule has 1 fully saturated rings. The average Bonchev–Trinajstić information content (AvgIpc) is 2.84. The van der Waals surface area contributed by atoms with Crippen LogP contribution in [0.1, 0.15) is 11.1 Å². The molecule has 1 aliphatic heterocycles. The van der Waals surface area contributed by atoms with E-state index in [1.165, 1.54) is 12.1 Å². The van der Waals surface area contributed by atoms with Crippen LogP contribution >= 0.6 is 0 Å². The van der Waals surface area contributed by atoms with Crippen molar-refractivity contribution in [3.8, 4) is 11.3 Å². The number of aryl methyl sites for hydroxylation is 1. The topological polar surface area (TPSA) is 45.2 Å². The lowest BCUT2D eigenvalue weighted by atomic mass is 10.0. The molecule has 2 aromatic heterocycles. The van der Waals surface area contributed by atoms with Gasteiger partial charge in [0.1, 0.15) is 5.69 Å². The fraction of sp³-hybridized carbons (Fsp3) is 0.240. The molecule has 0 unspecified atom stereocenters. The van der Waals surface area contributed by atoms with Crippen LogP contribution in [0.15, 0.2) is 67.0 Å². The minimum absolute atomic E-state index is 0.588. The van der Waals surface area contributed by atoms with Gasteiger partial charge in [-0.15, -0.1) is 10.2 Å². The van der Waals surface area contributed by atoms with Gasteiger partial charge in [-0.2, -0.15) is 13.2 Å². The fourth-order valence-electron chi connectivity index (χ4n) is 4.36. The summed E-state index contributed by atoms with van der Waals surface area (Å²) in [6.45, 7) is 4.54. The number of nitrogens with zero attached hydrogens (tertiary/aromatic N) is 5. The average molecular weight is 449 g/mol. The highest BCUT2D eigenvalue weighted by molar-refractivity contribution is 6.02. The molecule has 4 aromatic rings. The quantitative estimate of drug-likeness (QED) is 0.422. The first-order valence-corrected chi connectivity index (χ1v) is 10.8. The molecule has 0 aliphatic carbocycles. The van der Waals surface area contributed by atoms with Gasteiger partial charge in [-0.25, -0.2) is 0 Å². The molecule has 0 amide bonds. The second-order valence-corrected chi connectivity index (χ2v) is 8.13. The maximum Gasteiger partial charge on any atom is 0.416 e. The van der Waals surface area contributed by atoms with Crippen LogP contribution in [0.25, 0.3) is 22.0 Å². The summed E-state index contributed by atoms with van der Waals surface area (Å²) in [5.74, 6) is 0.810. The zero-order valence-corrected chi connectivity index (χ0v) is 18.0. The number of benzene rings is 2. The maximum atomic E-state index is 13.1. The zero-order valence-electron chi connectivity index (χ0n) is 18.0. The van der Waals surface area contributed by atoms with Crippen molar-refractivity contribution in [2.75, 3.05) is 36.0 Å². The van der Waals surface area contributed by atoms with Crippen molar-refractivity contribution in [2.24, 2.45) is 0 Å². The summed E-state index contributed by atoms with van der Waals surface area (Å²) >= 11 is 0. The van der Waals surface area contributed by atoms with Crippen LogP contribution in [0.4, 0.5) is 24.7 Å². The van der Waals surface area contributed by atoms with Gasteiger partial charge in [0.15, 0.2) is 5.82 Å². The predicted octanol–water partition coefficient (Wildman–Crippen LogP) is 5.35. The number of fused-ring (bicyclic) bond motifs is 1. The first-order valence-electron chi connectivity index (χ1n) is 10.8. The van der Waals surface area contributed by atoms with E-state index in [4.69, 9.17) is 0 Å². The normalized spacial score (nSPS) is 14.7. The molecule has 0 saturated carbocycles. The number of rotatable bonds is 3. The molecule has 5 nitrogen and oxygen atoms in total. The lowest BCUT2D eigenvalue weighted by Gasteiger charge is -2.37. The summed E-state index contributed by atoms with van der Waals surface area (Å²) < 4.78 is 39.3. The van der Waals surface area contributed by atoms with Gasteiger partial charge in [0.25, 0.3) is 0 Å². The lowest BCUT2D eigenvalue weighted by Crippen LogP contribution is -2.47. The van der Waals surface area contributed by atoms with E-state index in [0.717, 1.165) is 39.5 Å². The molecule has 0 spiro atoms. The van der Waals surface area contributed by atoms with Crippen molar-refractivity contribution in [1.29, 1.82) is 0 Å². The summed E-state index contributed by atoms with van der Waals surface area (Å²) in [6.07, 6.45) is -0.875. The summed E-state index contributed by atoms with van der Waals surface area (Å²) in [5, 5.41) is 11.2. The van der Waals surface area contributed by atoms with Crippen LogP contribution in [-0.2, 0) is 6.18 Å². The van der Waals surface area contributed by atoms with Gasteiger partial charge >= 0.3 is 6.18 Å². The van der Waals surface area contributed by atoms with Crippen molar-refractivity contribution in [1.82, 2.24) is 15.2 Å². The number of alkyl halides is 3. The van der Waals surface area contributed by atoms with Crippen LogP contribution in [0, 0.1) is 6.92 Å². The Morgan fingerprint density at radius 3 is 2.24 bits per heavy atom. The molecule has 2 aromatic carbocycles. The molecule has 1 aliphatic rings. The molecule has 0 radical (unpaired) electrons. The number of pyridine rings is 1. The molecule has 0 bridgehead atoms. The van der Waals surface area contributed by atoms with Crippen molar-refractivity contribution < 1.29 is 13.2 Å². The van der Waals surface area contributed by atoms with E-state index in [2.05, 4.69) is 39.1 Å². The molecular weight excluding hydrogens is 427 g/mol. The number of aromatic nitrogens is 3. The molecule has 0 atom stereocenters. The maximum absolute atomic E-state index is 13.1. The monoisotopic (exact) mass is 449 g/mol. The summed E-state index contributed by atoms with van der Waals surface area (Å²) in [4.78, 5) is 8.24. The van der Waals surface area contributed by atoms with E-state index in [0.29, 0.717) is 31.9 Å². The summed E-state index contributed by atoms with van der Waals surface area (Å²) in [6, 6.07) is 15.5. The zero-order chi connectivity index (χ0) is 23.0. The first kappa shape index (κ1) is 21.2. The molecule has 8 heteroatoms. The molecule has 3 heterocycles. The van der Waals surface area contributed by atoms with Gasteiger partial charge in [-0.05, 0) is 42.8 Å². The largest absolute Gasteiger partial charge is 0.416 e. The van der Waals surface area contributed by atoms with E-state index in [-0.39, 0.29) is 0 Å². The van der Waals surface area contributed by atoms with E-state index in [9.17, 15) is 13.2 Å². The van der Waals surface area contributed by atoms with Crippen LogP contribution in [0.5, 0.6) is 0 Å². The van der Waals surface area contributed by atoms with Crippen molar-refractivity contribution in [3.63, 3.8) is 0 Å². The van der Waals surface area contributed by atoms with E-state index in [1.54, 1.807) is 18.5 Å². The summed E-state index contributed by atoms with van der Waals surface area (Å²) in [7, 11) is 0. The Bertz CT molecular complexity index is 1280. The summed E-state index contributed by atoms with van der Waals surface area (Å²) in [5.41, 5.74) is 2.83. The Hall–Kier alpha value is -3.68. The number of halogens is 3. The highest BCUT2D eigenvalue weighted by atomic mass is 19.4. The first-order chi connectivity index (χ1) is 15.9. The van der Waals surface area contributed by atoms with Crippen LogP contribution < -0.4 is 9.80 Å². The van der Waals surface area contributed by atoms with Crippen molar-refractivity contribution in [2.45, 2.75) is 13.1 Å². The molecule has 33 heavy (non-hydrogen) atoms. The Kier molecular flexibility index (Phi) is 5.36. The van der Waals surface area contributed by atoms with Crippen LogP contribution in [0.2, 0.25) is 0 Å². The molecule has 1 saturated heterocycles. The third-order valence-corrected chi connectivity index (χ3v) is 6.07. The van der Waals surface area contributed by atoms with Crippen LogP contribution in [0.3, 0.4) is 0 Å². The Labute approximate surface area is 189 Å². The van der Waals surface area contributed by atoms with Gasteiger partial charge in [0.05, 0.1) is 5.56 Å². The lowest BCUT2D eigenvalue weighted by molar-refractivity contribution is -0.137. The fourth-order valence-corrected chi connectivity index (χ4v) is 4.36. The minimum atomic E-state index is -4.35. The van der Waals surface area contributed by atoms with E-state index >= 15 is 0 Å². The standard InChI is InChI=1S/C25H22F3N5/c1-17-4-2-7-21-22(17)24(31-30-23(21)18-8-10-29-11-9-18)33-14-12-32(13-15-33)20-6-3-5-19(16-20)25(26,27)28/h2-11,16H,12-15H2,1H3. The highest BCUT2D eigenvalue weighted by Crippen LogP contribution is 2.35. The van der Waals surface area contributed by atoms with Crippen molar-refractivity contribution in [3.05, 3.63) is 78.1 Å². The molecule has 0 N–H and O–H groups in total. The van der Waals surface area contributed by atoms with Crippen molar-refractivity contribution >= 4 is 22.3 Å². The molecule has 5 rings (SSSR count). The SMILES string of the molecule is Cc1cccc2c(-c3ccncc3)nnc(N3CCN(c4cccc(C(F)(F)F)c4)CC3)c12. The van der Waals surface area contributed by atoms with Crippen LogP contribution in [-0.4, -0.2) is 41.4 Å². The number of piperazine rings is 1. The van der Waals surface area contributed by atoms with E-state index in [1.807, 2.05) is 23.1 Å². The molecule has 168 valence electrons. The Morgan fingerprint density at radius 1 is 0.818 bits per heavy atom. The number of anilines is 2.